The summed E-state index contributed by atoms with van der Waals surface area (Å²) in [7, 11) is -2.89. The van der Waals surface area contributed by atoms with Crippen LogP contribution in [0.25, 0.3) is 0 Å². The van der Waals surface area contributed by atoms with Gasteiger partial charge >= 0.3 is 0 Å². The van der Waals surface area contributed by atoms with Gasteiger partial charge in [0.15, 0.2) is 9.84 Å². The van der Waals surface area contributed by atoms with Crippen molar-refractivity contribution in [2.75, 3.05) is 18.8 Å². The van der Waals surface area contributed by atoms with Crippen LogP contribution in [0, 0.1) is 0 Å². The fourth-order valence-corrected chi connectivity index (χ4v) is 2.34. The lowest BCUT2D eigenvalue weighted by atomic mass is 10.4. The Bertz CT molecular complexity index is 234. The fraction of sp³-hybridized carbons (Fsp3) is 0.778. The van der Waals surface area contributed by atoms with E-state index in [1.807, 2.05) is 6.92 Å². The first-order valence-corrected chi connectivity index (χ1v) is 6.29. The van der Waals surface area contributed by atoms with Crippen LogP contribution in [0.3, 0.4) is 0 Å². The molecule has 1 N–H and O–H groups in total. The van der Waals surface area contributed by atoms with Gasteiger partial charge in [-0.25, -0.2) is 8.42 Å². The van der Waals surface area contributed by atoms with Crippen LogP contribution in [0.15, 0.2) is 12.7 Å². The summed E-state index contributed by atoms with van der Waals surface area (Å²) in [6.07, 6.45) is 2.41. The minimum absolute atomic E-state index is 0.282. The summed E-state index contributed by atoms with van der Waals surface area (Å²) in [5.74, 6) is 0.282. The molecule has 0 rings (SSSR count). The second-order valence-corrected chi connectivity index (χ2v) is 5.66. The number of nitrogens with one attached hydrogen (secondary N) is 1. The molecule has 0 saturated heterocycles. The van der Waals surface area contributed by atoms with E-state index >= 15 is 0 Å². The predicted molar refractivity (Wildman–Crippen MR) is 56.6 cm³/mol. The highest BCUT2D eigenvalue weighted by molar-refractivity contribution is 7.92. The third kappa shape index (κ3) is 5.05. The molecule has 0 saturated carbocycles. The van der Waals surface area contributed by atoms with Gasteiger partial charge in [0.25, 0.3) is 0 Å². The van der Waals surface area contributed by atoms with Crippen molar-refractivity contribution >= 4 is 9.84 Å². The van der Waals surface area contributed by atoms with Gasteiger partial charge in [-0.3, -0.25) is 0 Å². The van der Waals surface area contributed by atoms with Gasteiger partial charge in [-0.15, -0.1) is 6.58 Å². The molecular weight excluding hydrogens is 186 g/mol. The molecule has 0 fully saturated rings. The average Bonchev–Trinajstić information content (AvgIpc) is 2.04. The van der Waals surface area contributed by atoms with Crippen LogP contribution in [0.5, 0.6) is 0 Å². The molecule has 13 heavy (non-hydrogen) atoms. The molecule has 1 atom stereocenters. The molecule has 0 aliphatic rings. The Morgan fingerprint density at radius 1 is 1.54 bits per heavy atom. The molecule has 0 heterocycles. The van der Waals surface area contributed by atoms with Crippen LogP contribution in [0.2, 0.25) is 0 Å². The SMILES string of the molecule is C=CCNCC(C)S(=O)(=O)CCC. The van der Waals surface area contributed by atoms with E-state index in [4.69, 9.17) is 0 Å². The maximum absolute atomic E-state index is 11.5. The topological polar surface area (TPSA) is 46.2 Å². The van der Waals surface area contributed by atoms with Crippen molar-refractivity contribution in [1.82, 2.24) is 5.32 Å². The van der Waals surface area contributed by atoms with Gasteiger partial charge in [0.1, 0.15) is 0 Å². The summed E-state index contributed by atoms with van der Waals surface area (Å²) < 4.78 is 22.9. The van der Waals surface area contributed by atoms with Crippen molar-refractivity contribution < 1.29 is 8.42 Å². The molecule has 0 aromatic heterocycles. The normalized spacial score (nSPS) is 14.0. The fourth-order valence-electron chi connectivity index (χ4n) is 1.00. The quantitative estimate of drug-likeness (QED) is 0.498. The number of hydrogen-bond acceptors (Lipinski definition) is 3. The minimum atomic E-state index is -2.89. The lowest BCUT2D eigenvalue weighted by molar-refractivity contribution is 0.575. The zero-order chi connectivity index (χ0) is 10.3. The van der Waals surface area contributed by atoms with E-state index in [2.05, 4.69) is 11.9 Å². The Labute approximate surface area is 81.1 Å². The van der Waals surface area contributed by atoms with E-state index in [0.29, 0.717) is 19.5 Å². The van der Waals surface area contributed by atoms with Gasteiger partial charge in [-0.1, -0.05) is 13.0 Å². The maximum atomic E-state index is 11.5. The van der Waals surface area contributed by atoms with E-state index in [0.717, 1.165) is 0 Å². The van der Waals surface area contributed by atoms with Crippen molar-refractivity contribution in [3.05, 3.63) is 12.7 Å². The van der Waals surface area contributed by atoms with E-state index in [1.54, 1.807) is 13.0 Å². The standard InChI is InChI=1S/C9H19NO2S/c1-4-6-10-8-9(3)13(11,12)7-5-2/h4,9-10H,1,5-8H2,2-3H3. The van der Waals surface area contributed by atoms with E-state index in [1.165, 1.54) is 0 Å². The Hall–Kier alpha value is -0.350. The molecule has 0 amide bonds. The molecule has 78 valence electrons. The smallest absolute Gasteiger partial charge is 0.154 e. The molecule has 0 aromatic rings. The van der Waals surface area contributed by atoms with E-state index in [9.17, 15) is 8.42 Å². The molecule has 1 unspecified atom stereocenters. The first kappa shape index (κ1) is 12.7. The van der Waals surface area contributed by atoms with Crippen LogP contribution in [-0.2, 0) is 9.84 Å². The van der Waals surface area contributed by atoms with Gasteiger partial charge in [-0.2, -0.15) is 0 Å². The molecule has 0 aliphatic heterocycles. The highest BCUT2D eigenvalue weighted by Gasteiger charge is 2.18. The largest absolute Gasteiger partial charge is 0.312 e. The molecule has 3 nitrogen and oxygen atoms in total. The van der Waals surface area contributed by atoms with Gasteiger partial charge in [-0.05, 0) is 13.3 Å². The Morgan fingerprint density at radius 3 is 2.62 bits per heavy atom. The monoisotopic (exact) mass is 205 g/mol. The van der Waals surface area contributed by atoms with Crippen molar-refractivity contribution in [3.8, 4) is 0 Å². The maximum Gasteiger partial charge on any atom is 0.154 e. The first-order chi connectivity index (χ1) is 6.04. The van der Waals surface area contributed by atoms with Crippen LogP contribution < -0.4 is 5.32 Å². The lowest BCUT2D eigenvalue weighted by Crippen LogP contribution is -2.32. The highest BCUT2D eigenvalue weighted by atomic mass is 32.2. The zero-order valence-electron chi connectivity index (χ0n) is 8.41. The number of hydrogen-bond donors (Lipinski definition) is 1. The molecular formula is C9H19NO2S. The Kier molecular flexibility index (Phi) is 5.99. The number of sulfone groups is 1. The van der Waals surface area contributed by atoms with Gasteiger partial charge in [0, 0.05) is 13.1 Å². The van der Waals surface area contributed by atoms with E-state index < -0.39 is 9.84 Å². The summed E-state index contributed by atoms with van der Waals surface area (Å²) >= 11 is 0. The van der Waals surface area contributed by atoms with Gasteiger partial charge in [0.05, 0.1) is 11.0 Å². The van der Waals surface area contributed by atoms with Crippen molar-refractivity contribution in [2.24, 2.45) is 0 Å². The highest BCUT2D eigenvalue weighted by Crippen LogP contribution is 2.02. The third-order valence-electron chi connectivity index (χ3n) is 1.82. The van der Waals surface area contributed by atoms with Crippen molar-refractivity contribution in [1.29, 1.82) is 0 Å². The lowest BCUT2D eigenvalue weighted by Gasteiger charge is -2.12. The second kappa shape index (κ2) is 6.16. The molecule has 0 radical (unpaired) electrons. The van der Waals surface area contributed by atoms with Crippen LogP contribution in [0.1, 0.15) is 20.3 Å². The van der Waals surface area contributed by atoms with Crippen molar-refractivity contribution in [2.45, 2.75) is 25.5 Å². The predicted octanol–water partition coefficient (Wildman–Crippen LogP) is 0.975. The molecule has 0 aliphatic carbocycles. The number of rotatable bonds is 7. The molecule has 4 heteroatoms. The average molecular weight is 205 g/mol. The summed E-state index contributed by atoms with van der Waals surface area (Å²) in [5.41, 5.74) is 0. The minimum Gasteiger partial charge on any atom is -0.312 e. The second-order valence-electron chi connectivity index (χ2n) is 3.12. The van der Waals surface area contributed by atoms with Crippen LogP contribution in [0.4, 0.5) is 0 Å². The summed E-state index contributed by atoms with van der Waals surface area (Å²) in [5, 5.41) is 2.70. The van der Waals surface area contributed by atoms with Crippen LogP contribution in [-0.4, -0.2) is 32.5 Å². The third-order valence-corrected chi connectivity index (χ3v) is 4.19. The zero-order valence-corrected chi connectivity index (χ0v) is 9.23. The first-order valence-electron chi connectivity index (χ1n) is 4.57. The Balaban J connectivity index is 3.94. The summed E-state index contributed by atoms with van der Waals surface area (Å²) in [6, 6.07) is 0. The molecule has 0 bridgehead atoms. The molecule has 0 aromatic carbocycles. The van der Waals surface area contributed by atoms with E-state index in [-0.39, 0.29) is 11.0 Å². The molecule has 0 spiro atoms. The van der Waals surface area contributed by atoms with Gasteiger partial charge in [0.2, 0.25) is 0 Å². The van der Waals surface area contributed by atoms with Gasteiger partial charge < -0.3 is 5.32 Å². The van der Waals surface area contributed by atoms with Crippen LogP contribution >= 0.6 is 0 Å². The summed E-state index contributed by atoms with van der Waals surface area (Å²) in [4.78, 5) is 0. The Morgan fingerprint density at radius 2 is 2.15 bits per heavy atom. The summed E-state index contributed by atoms with van der Waals surface area (Å²) in [6.45, 7) is 8.32. The van der Waals surface area contributed by atoms with Crippen molar-refractivity contribution in [3.63, 3.8) is 0 Å².